The maximum Gasteiger partial charge on any atom is 0.130 e. The number of carbonyl (C=O) groups excluding carboxylic acids is 1. The molecule has 0 fully saturated rings. The molecule has 1 aliphatic rings. The van der Waals surface area contributed by atoms with E-state index in [1.54, 1.807) is 18.7 Å². The van der Waals surface area contributed by atoms with Crippen molar-refractivity contribution in [2.24, 2.45) is 4.99 Å². The molecule has 0 N–H and O–H groups in total. The summed E-state index contributed by atoms with van der Waals surface area (Å²) in [6.07, 6.45) is 2.53. The maximum absolute atomic E-state index is 11.0. The van der Waals surface area contributed by atoms with Crippen LogP contribution in [-0.2, 0) is 4.79 Å². The first-order valence-electron chi connectivity index (χ1n) is 6.33. The maximum atomic E-state index is 11.0. The lowest BCUT2D eigenvalue weighted by Crippen LogP contribution is -2.51. The number of thioether (sulfide) groups is 1. The highest BCUT2D eigenvalue weighted by atomic mass is 32.2. The van der Waals surface area contributed by atoms with Gasteiger partial charge in [0.1, 0.15) is 11.4 Å². The standard InChI is InChI=1S/C14H24N2OS/c1-7-9-16-13(3,4)12(15-14(16,5)6)18-10-8-11(2)17/h7H,1,8-10H2,2-6H3. The van der Waals surface area contributed by atoms with Gasteiger partial charge in [-0.25, -0.2) is 0 Å². The molecule has 0 atom stereocenters. The number of rotatable bonds is 5. The number of nitrogens with zero attached hydrogens (tertiary/aromatic N) is 2. The second kappa shape index (κ2) is 5.57. The Bertz CT molecular complexity index is 372. The van der Waals surface area contributed by atoms with Crippen LogP contribution in [0.5, 0.6) is 0 Å². The summed E-state index contributed by atoms with van der Waals surface area (Å²) in [5.74, 6) is 1.05. The van der Waals surface area contributed by atoms with E-state index in [9.17, 15) is 4.79 Å². The molecule has 0 bridgehead atoms. The van der Waals surface area contributed by atoms with E-state index in [4.69, 9.17) is 4.99 Å². The van der Waals surface area contributed by atoms with Crippen LogP contribution in [0, 0.1) is 0 Å². The molecule has 0 saturated heterocycles. The summed E-state index contributed by atoms with van der Waals surface area (Å²) >= 11 is 1.70. The number of carbonyl (C=O) groups is 1. The largest absolute Gasteiger partial charge is 0.300 e. The molecule has 0 aromatic carbocycles. The van der Waals surface area contributed by atoms with Crippen molar-refractivity contribution in [2.45, 2.75) is 52.2 Å². The molecule has 102 valence electrons. The van der Waals surface area contributed by atoms with E-state index in [0.717, 1.165) is 17.3 Å². The van der Waals surface area contributed by atoms with E-state index in [-0.39, 0.29) is 17.0 Å². The van der Waals surface area contributed by atoms with Crippen LogP contribution in [0.1, 0.15) is 41.0 Å². The highest BCUT2D eigenvalue weighted by Gasteiger charge is 2.46. The Morgan fingerprint density at radius 3 is 2.56 bits per heavy atom. The Morgan fingerprint density at radius 2 is 2.06 bits per heavy atom. The third-order valence-corrected chi connectivity index (χ3v) is 4.51. The third kappa shape index (κ3) is 3.23. The summed E-state index contributed by atoms with van der Waals surface area (Å²) < 4.78 is 0. The van der Waals surface area contributed by atoms with Crippen molar-refractivity contribution in [3.63, 3.8) is 0 Å². The molecule has 1 aliphatic heterocycles. The normalized spacial score (nSPS) is 21.7. The highest BCUT2D eigenvalue weighted by molar-refractivity contribution is 8.14. The van der Waals surface area contributed by atoms with E-state index < -0.39 is 0 Å². The molecule has 0 aliphatic carbocycles. The summed E-state index contributed by atoms with van der Waals surface area (Å²) in [5.41, 5.74) is -0.282. The fourth-order valence-electron chi connectivity index (χ4n) is 2.33. The Labute approximate surface area is 115 Å². The van der Waals surface area contributed by atoms with Gasteiger partial charge in [0.15, 0.2) is 0 Å². The Hall–Kier alpha value is -0.610. The van der Waals surface area contributed by atoms with Gasteiger partial charge in [0.2, 0.25) is 0 Å². The first kappa shape index (κ1) is 15.4. The minimum Gasteiger partial charge on any atom is -0.300 e. The van der Waals surface area contributed by atoms with Crippen LogP contribution in [0.15, 0.2) is 17.6 Å². The topological polar surface area (TPSA) is 32.7 Å². The molecule has 0 amide bonds. The van der Waals surface area contributed by atoms with Crippen LogP contribution in [0.3, 0.4) is 0 Å². The van der Waals surface area contributed by atoms with E-state index in [1.807, 2.05) is 6.08 Å². The van der Waals surface area contributed by atoms with Crippen molar-refractivity contribution in [2.75, 3.05) is 12.3 Å². The van der Waals surface area contributed by atoms with E-state index in [0.29, 0.717) is 6.42 Å². The molecule has 0 saturated carbocycles. The van der Waals surface area contributed by atoms with Gasteiger partial charge in [0.05, 0.1) is 10.6 Å². The average Bonchev–Trinajstić information content (AvgIpc) is 2.38. The number of aliphatic imine (C=N–C) groups is 1. The molecule has 0 aromatic heterocycles. The summed E-state index contributed by atoms with van der Waals surface area (Å²) in [6.45, 7) is 14.9. The molecule has 18 heavy (non-hydrogen) atoms. The molecular formula is C14H24N2OS. The smallest absolute Gasteiger partial charge is 0.130 e. The number of Topliss-reactive ketones (excluding diaryl/α,β-unsaturated/α-hetero) is 1. The highest BCUT2D eigenvalue weighted by Crippen LogP contribution is 2.38. The molecule has 3 nitrogen and oxygen atoms in total. The molecule has 4 heteroatoms. The fourth-order valence-corrected chi connectivity index (χ4v) is 3.66. The monoisotopic (exact) mass is 268 g/mol. The lowest BCUT2D eigenvalue weighted by Gasteiger charge is -2.38. The van der Waals surface area contributed by atoms with Crippen LogP contribution in [0.4, 0.5) is 0 Å². The van der Waals surface area contributed by atoms with Crippen molar-refractivity contribution >= 4 is 22.6 Å². The van der Waals surface area contributed by atoms with Gasteiger partial charge in [-0.1, -0.05) is 6.08 Å². The molecule has 0 spiro atoms. The van der Waals surface area contributed by atoms with Crippen LogP contribution < -0.4 is 0 Å². The van der Waals surface area contributed by atoms with Gasteiger partial charge in [-0.15, -0.1) is 18.3 Å². The zero-order chi connectivity index (χ0) is 14.0. The van der Waals surface area contributed by atoms with Gasteiger partial charge in [0, 0.05) is 18.7 Å². The minimum absolute atomic E-state index is 0.0842. The molecule has 0 unspecified atom stereocenters. The third-order valence-electron chi connectivity index (χ3n) is 3.24. The van der Waals surface area contributed by atoms with Gasteiger partial charge in [-0.2, -0.15) is 0 Å². The Kier molecular flexibility index (Phi) is 4.78. The second-order valence-corrected chi connectivity index (χ2v) is 6.75. The van der Waals surface area contributed by atoms with E-state index >= 15 is 0 Å². The first-order chi connectivity index (χ1) is 8.21. The molecule has 0 radical (unpaired) electrons. The number of ketones is 1. The average molecular weight is 268 g/mol. The number of hydrogen-bond acceptors (Lipinski definition) is 4. The van der Waals surface area contributed by atoms with Crippen molar-refractivity contribution in [1.29, 1.82) is 0 Å². The van der Waals surface area contributed by atoms with Crippen molar-refractivity contribution < 1.29 is 4.79 Å². The summed E-state index contributed by atoms with van der Waals surface area (Å²) in [6, 6.07) is 0. The predicted octanol–water partition coefficient (Wildman–Crippen LogP) is 3.11. The lowest BCUT2D eigenvalue weighted by molar-refractivity contribution is -0.116. The first-order valence-corrected chi connectivity index (χ1v) is 7.31. The minimum atomic E-state index is -0.198. The van der Waals surface area contributed by atoms with Crippen LogP contribution in [0.25, 0.3) is 0 Å². The van der Waals surface area contributed by atoms with Crippen LogP contribution >= 0.6 is 11.8 Å². The van der Waals surface area contributed by atoms with Gasteiger partial charge in [-0.05, 0) is 34.6 Å². The summed E-state index contributed by atoms with van der Waals surface area (Å²) in [7, 11) is 0. The summed E-state index contributed by atoms with van der Waals surface area (Å²) in [4.78, 5) is 18.1. The zero-order valence-electron chi connectivity index (χ0n) is 12.1. The Balaban J connectivity index is 2.79. The van der Waals surface area contributed by atoms with Crippen LogP contribution in [-0.4, -0.2) is 39.2 Å². The number of hydrogen-bond donors (Lipinski definition) is 0. The van der Waals surface area contributed by atoms with Gasteiger partial charge >= 0.3 is 0 Å². The molecule has 1 heterocycles. The predicted molar refractivity (Wildman–Crippen MR) is 80.3 cm³/mol. The van der Waals surface area contributed by atoms with Gasteiger partial charge < -0.3 is 0 Å². The lowest BCUT2D eigenvalue weighted by atomic mass is 10.0. The second-order valence-electron chi connectivity index (χ2n) is 5.67. The van der Waals surface area contributed by atoms with Crippen molar-refractivity contribution in [1.82, 2.24) is 4.90 Å². The Morgan fingerprint density at radius 1 is 1.44 bits per heavy atom. The summed E-state index contributed by atoms with van der Waals surface area (Å²) in [5, 5.41) is 1.12. The van der Waals surface area contributed by atoms with E-state index in [1.165, 1.54) is 0 Å². The van der Waals surface area contributed by atoms with Crippen molar-refractivity contribution in [3.05, 3.63) is 12.7 Å². The SMILES string of the molecule is C=CCN1C(C)(C)N=C(SCCC(C)=O)C1(C)C. The quantitative estimate of drug-likeness (QED) is 0.718. The fraction of sp³-hybridized carbons (Fsp3) is 0.714. The van der Waals surface area contributed by atoms with Crippen molar-refractivity contribution in [3.8, 4) is 0 Å². The van der Waals surface area contributed by atoms with Crippen LogP contribution in [0.2, 0.25) is 0 Å². The van der Waals surface area contributed by atoms with E-state index in [2.05, 4.69) is 39.2 Å². The zero-order valence-corrected chi connectivity index (χ0v) is 12.9. The molecular weight excluding hydrogens is 244 g/mol. The van der Waals surface area contributed by atoms with Gasteiger partial charge in [-0.3, -0.25) is 14.7 Å². The molecule has 1 rings (SSSR count). The van der Waals surface area contributed by atoms with Gasteiger partial charge in [0.25, 0.3) is 0 Å². The molecule has 0 aromatic rings.